The van der Waals surface area contributed by atoms with Crippen molar-refractivity contribution in [3.8, 4) is 17.2 Å². The lowest BCUT2D eigenvalue weighted by Crippen LogP contribution is -2.52. The van der Waals surface area contributed by atoms with Crippen LogP contribution in [0.1, 0.15) is 83.7 Å². The number of methoxy groups -OCH3 is 1. The zero-order valence-corrected chi connectivity index (χ0v) is 32.5. The largest absolute Gasteiger partial charge is 0.508 e. The number of phenols is 1. The molecule has 0 spiro atoms. The number of piperidine rings is 1. The van der Waals surface area contributed by atoms with Crippen molar-refractivity contribution in [1.29, 1.82) is 0 Å². The predicted octanol–water partition coefficient (Wildman–Crippen LogP) is 6.73. The summed E-state index contributed by atoms with van der Waals surface area (Å²) in [6.07, 6.45) is 6.15. The number of carbonyl (C=O) groups is 2. The molecule has 0 radical (unpaired) electrons. The number of piperazine rings is 1. The molecule has 56 heavy (non-hydrogen) atoms. The molecule has 0 bridgehead atoms. The fourth-order valence-corrected chi connectivity index (χ4v) is 9.20. The third kappa shape index (κ3) is 8.57. The molecule has 8 rings (SSSR count). The van der Waals surface area contributed by atoms with Crippen LogP contribution in [0.3, 0.4) is 0 Å². The van der Waals surface area contributed by atoms with Crippen molar-refractivity contribution >= 4 is 17.5 Å². The number of nitrogens with zero attached hydrogens (tertiary/aromatic N) is 3. The van der Waals surface area contributed by atoms with Crippen molar-refractivity contribution in [1.82, 2.24) is 15.1 Å². The molecule has 2 amide bonds. The molecule has 4 aliphatic rings. The summed E-state index contributed by atoms with van der Waals surface area (Å²) in [6.45, 7) is 7.00. The number of anilines is 1. The zero-order chi connectivity index (χ0) is 38.4. The summed E-state index contributed by atoms with van der Waals surface area (Å²) in [6, 6.07) is 29.4. The predicted molar refractivity (Wildman–Crippen MR) is 216 cm³/mol. The van der Waals surface area contributed by atoms with E-state index in [1.54, 1.807) is 7.11 Å². The standard InChI is InChI=1S/C46H54N4O6/c1-54-43-28-36(26-35-29-50(31-55-30-41(35)43)42-18-19-44(52)47-46(42)53)49-23-21-48(22-24-49)20-6-3-7-25-56-38-14-10-33(11-15-38)45-39(32-8-4-2-5-9-32)16-12-34-27-37(51)13-17-40(34)45/h2,4-5,8-11,13-15,17,26-28,39,42,45,51H,3,6-7,12,16,18-25,29-31H2,1H3,(H,47,52,53)/t39-,42?,45+/m1/s1. The second-order valence-corrected chi connectivity index (χ2v) is 15.7. The van der Waals surface area contributed by atoms with Gasteiger partial charge in [-0.25, -0.2) is 0 Å². The number of unbranched alkanes of at least 4 members (excludes halogenated alkanes) is 2. The molecule has 4 aromatic carbocycles. The first kappa shape index (κ1) is 38.0. The van der Waals surface area contributed by atoms with E-state index in [1.807, 2.05) is 17.0 Å². The molecule has 3 heterocycles. The average Bonchev–Trinajstić information content (AvgIpc) is 3.44. The van der Waals surface area contributed by atoms with Gasteiger partial charge >= 0.3 is 0 Å². The Kier molecular flexibility index (Phi) is 11.9. The van der Waals surface area contributed by atoms with Gasteiger partial charge in [-0.3, -0.25) is 24.7 Å². The molecule has 10 heteroatoms. The number of aromatic hydroxyl groups is 1. The van der Waals surface area contributed by atoms with Crippen LogP contribution >= 0.6 is 0 Å². The molecule has 3 aliphatic heterocycles. The third-order valence-corrected chi connectivity index (χ3v) is 12.2. The quantitative estimate of drug-likeness (QED) is 0.120. The number of imide groups is 1. The molecular weight excluding hydrogens is 705 g/mol. The fraction of sp³-hybridized carbons (Fsp3) is 0.435. The van der Waals surface area contributed by atoms with E-state index in [9.17, 15) is 14.7 Å². The second-order valence-electron chi connectivity index (χ2n) is 15.7. The Morgan fingerprint density at radius 2 is 1.66 bits per heavy atom. The van der Waals surface area contributed by atoms with Gasteiger partial charge in [0, 0.05) is 62.4 Å². The summed E-state index contributed by atoms with van der Waals surface area (Å²) < 4.78 is 18.0. The molecular formula is C46H54N4O6. The number of hydrogen-bond acceptors (Lipinski definition) is 9. The minimum absolute atomic E-state index is 0.208. The van der Waals surface area contributed by atoms with E-state index in [-0.39, 0.29) is 23.8 Å². The average molecular weight is 759 g/mol. The smallest absolute Gasteiger partial charge is 0.243 e. The van der Waals surface area contributed by atoms with Crippen LogP contribution < -0.4 is 19.7 Å². The number of nitrogens with one attached hydrogen (secondary N) is 1. The van der Waals surface area contributed by atoms with E-state index in [2.05, 4.69) is 87.9 Å². The van der Waals surface area contributed by atoms with E-state index in [1.165, 1.54) is 22.3 Å². The van der Waals surface area contributed by atoms with E-state index >= 15 is 0 Å². The highest BCUT2D eigenvalue weighted by atomic mass is 16.5. The van der Waals surface area contributed by atoms with Crippen LogP contribution in [0.25, 0.3) is 0 Å². The Morgan fingerprint density at radius 1 is 0.839 bits per heavy atom. The molecule has 0 aromatic heterocycles. The van der Waals surface area contributed by atoms with Crippen molar-refractivity contribution in [2.45, 2.75) is 76.0 Å². The van der Waals surface area contributed by atoms with Gasteiger partial charge in [-0.15, -0.1) is 0 Å². The van der Waals surface area contributed by atoms with Crippen LogP contribution in [-0.4, -0.2) is 85.9 Å². The maximum Gasteiger partial charge on any atom is 0.243 e. The second kappa shape index (κ2) is 17.5. The van der Waals surface area contributed by atoms with Crippen molar-refractivity contribution in [3.63, 3.8) is 0 Å². The normalized spacial score (nSPS) is 21.8. The number of aryl methyl sites for hydroxylation is 1. The number of phenolic OH excluding ortho intramolecular Hbond substituents is 1. The van der Waals surface area contributed by atoms with Gasteiger partial charge in [-0.1, -0.05) is 48.5 Å². The number of benzene rings is 4. The highest BCUT2D eigenvalue weighted by Crippen LogP contribution is 2.47. The minimum atomic E-state index is -0.382. The molecule has 4 aromatic rings. The highest BCUT2D eigenvalue weighted by molar-refractivity contribution is 6.00. The van der Waals surface area contributed by atoms with Gasteiger partial charge in [-0.2, -0.15) is 0 Å². The molecule has 2 fully saturated rings. The van der Waals surface area contributed by atoms with Gasteiger partial charge in [0.25, 0.3) is 0 Å². The first-order chi connectivity index (χ1) is 27.4. The SMILES string of the molecule is COc1cc(N2CCN(CCCCCOc3ccc([C@@H]4c5ccc(O)cc5CC[C@@H]4c4ccccc4)cc3)CC2)cc2c1COCN(C1CCC(=O)NC1=O)C2. The first-order valence-corrected chi connectivity index (χ1v) is 20.4. The maximum atomic E-state index is 12.6. The third-order valence-electron chi connectivity index (χ3n) is 12.2. The lowest BCUT2D eigenvalue weighted by Gasteiger charge is -2.37. The number of fused-ring (bicyclic) bond motifs is 2. The van der Waals surface area contributed by atoms with Gasteiger partial charge in [-0.05, 0) is 109 Å². The van der Waals surface area contributed by atoms with E-state index < -0.39 is 0 Å². The topological polar surface area (TPSA) is 104 Å². The van der Waals surface area contributed by atoms with Crippen molar-refractivity contribution in [2.24, 2.45) is 0 Å². The molecule has 2 saturated heterocycles. The molecule has 0 saturated carbocycles. The molecule has 1 unspecified atom stereocenters. The van der Waals surface area contributed by atoms with Crippen molar-refractivity contribution in [3.05, 3.63) is 118 Å². The highest BCUT2D eigenvalue weighted by Gasteiger charge is 2.35. The van der Waals surface area contributed by atoms with Crippen LogP contribution in [0.2, 0.25) is 0 Å². The van der Waals surface area contributed by atoms with Gasteiger partial charge < -0.3 is 24.2 Å². The number of rotatable bonds is 12. The van der Waals surface area contributed by atoms with E-state index in [4.69, 9.17) is 14.2 Å². The molecule has 294 valence electrons. The fourth-order valence-electron chi connectivity index (χ4n) is 9.20. The van der Waals surface area contributed by atoms with E-state index in [0.29, 0.717) is 51.0 Å². The van der Waals surface area contributed by atoms with Gasteiger partial charge in [0.05, 0.1) is 26.4 Å². The summed E-state index contributed by atoms with van der Waals surface area (Å²) in [4.78, 5) is 31.4. The first-order valence-electron chi connectivity index (χ1n) is 20.4. The van der Waals surface area contributed by atoms with Crippen LogP contribution in [0, 0.1) is 0 Å². The molecule has 10 nitrogen and oxygen atoms in total. The monoisotopic (exact) mass is 758 g/mol. The summed E-state index contributed by atoms with van der Waals surface area (Å²) in [5.41, 5.74) is 8.46. The Hall–Kier alpha value is -4.90. The van der Waals surface area contributed by atoms with Crippen LogP contribution in [-0.2, 0) is 33.9 Å². The van der Waals surface area contributed by atoms with E-state index in [0.717, 1.165) is 93.1 Å². The van der Waals surface area contributed by atoms with Crippen LogP contribution in [0.15, 0.2) is 84.9 Å². The van der Waals surface area contributed by atoms with Crippen LogP contribution in [0.5, 0.6) is 17.2 Å². The number of amides is 2. The number of carbonyl (C=O) groups excluding carboxylic acids is 2. The summed E-state index contributed by atoms with van der Waals surface area (Å²) >= 11 is 0. The Balaban J connectivity index is 0.795. The van der Waals surface area contributed by atoms with Crippen molar-refractivity contribution in [2.75, 3.05) is 58.1 Å². The molecule has 1 aliphatic carbocycles. The number of ether oxygens (including phenoxy) is 3. The summed E-state index contributed by atoms with van der Waals surface area (Å²) in [7, 11) is 1.70. The molecule has 2 N–H and O–H groups in total. The maximum absolute atomic E-state index is 12.6. The number of hydrogen-bond donors (Lipinski definition) is 2. The zero-order valence-electron chi connectivity index (χ0n) is 32.5. The van der Waals surface area contributed by atoms with Crippen LogP contribution in [0.4, 0.5) is 5.69 Å². The van der Waals surface area contributed by atoms with Gasteiger partial charge in [0.1, 0.15) is 24.0 Å². The Bertz CT molecular complexity index is 1980. The molecule has 3 atom stereocenters. The van der Waals surface area contributed by atoms with Gasteiger partial charge in [0.2, 0.25) is 11.8 Å². The lowest BCUT2D eigenvalue weighted by atomic mass is 9.69. The summed E-state index contributed by atoms with van der Waals surface area (Å²) in [5, 5.41) is 12.7. The Morgan fingerprint density at radius 3 is 2.45 bits per heavy atom. The Labute approximate surface area is 330 Å². The van der Waals surface area contributed by atoms with Crippen molar-refractivity contribution < 1.29 is 28.9 Å². The summed E-state index contributed by atoms with van der Waals surface area (Å²) in [5.74, 6) is 2.23. The minimum Gasteiger partial charge on any atom is -0.508 e. The lowest BCUT2D eigenvalue weighted by molar-refractivity contribution is -0.140. The van der Waals surface area contributed by atoms with Gasteiger partial charge in [0.15, 0.2) is 0 Å².